The van der Waals surface area contributed by atoms with Gasteiger partial charge in [-0.25, -0.2) is 8.42 Å². The van der Waals surface area contributed by atoms with Gasteiger partial charge in [0.2, 0.25) is 10.0 Å². The van der Waals surface area contributed by atoms with E-state index in [1.165, 1.54) is 10.6 Å². The van der Waals surface area contributed by atoms with E-state index in [9.17, 15) is 8.42 Å². The highest BCUT2D eigenvalue weighted by Gasteiger charge is 2.27. The van der Waals surface area contributed by atoms with Crippen LogP contribution < -0.4 is 10.0 Å². The molecule has 4 nitrogen and oxygen atoms in total. The molecule has 0 aromatic heterocycles. The molecule has 0 spiro atoms. The van der Waals surface area contributed by atoms with Gasteiger partial charge in [-0.15, -0.1) is 12.4 Å². The normalized spacial score (nSPS) is 19.9. The Morgan fingerprint density at radius 1 is 1.38 bits per heavy atom. The van der Waals surface area contributed by atoms with Crippen LogP contribution in [0.5, 0.6) is 0 Å². The van der Waals surface area contributed by atoms with Crippen LogP contribution in [0.4, 0.5) is 5.69 Å². The summed E-state index contributed by atoms with van der Waals surface area (Å²) in [6, 6.07) is 7.34. The van der Waals surface area contributed by atoms with Gasteiger partial charge in [-0.2, -0.15) is 0 Å². The summed E-state index contributed by atoms with van der Waals surface area (Å²) in [7, 11) is -3.18. The van der Waals surface area contributed by atoms with Crippen molar-refractivity contribution in [1.82, 2.24) is 0 Å². The quantitative estimate of drug-likeness (QED) is 0.829. The molecule has 1 aliphatic heterocycles. The van der Waals surface area contributed by atoms with Crippen molar-refractivity contribution in [2.75, 3.05) is 17.1 Å². The minimum absolute atomic E-state index is 0. The van der Waals surface area contributed by atoms with Crippen LogP contribution in [0.1, 0.15) is 18.0 Å². The van der Waals surface area contributed by atoms with Crippen molar-refractivity contribution in [3.05, 3.63) is 29.8 Å². The number of benzene rings is 1. The molecule has 0 radical (unpaired) electrons. The summed E-state index contributed by atoms with van der Waals surface area (Å²) in [6.45, 7) is 0.469. The van der Waals surface area contributed by atoms with Crippen LogP contribution in [0.15, 0.2) is 24.3 Å². The molecule has 1 aromatic carbocycles. The molecule has 1 aliphatic rings. The largest absolute Gasteiger partial charge is 0.324 e. The zero-order valence-electron chi connectivity index (χ0n) is 8.96. The van der Waals surface area contributed by atoms with Crippen molar-refractivity contribution in [1.29, 1.82) is 0 Å². The van der Waals surface area contributed by atoms with Gasteiger partial charge in [-0.1, -0.05) is 18.2 Å². The summed E-state index contributed by atoms with van der Waals surface area (Å²) in [5, 5.41) is 0. The lowest BCUT2D eigenvalue weighted by Crippen LogP contribution is -2.37. The van der Waals surface area contributed by atoms with E-state index in [0.717, 1.165) is 11.3 Å². The van der Waals surface area contributed by atoms with E-state index in [1.54, 1.807) is 6.07 Å². The van der Waals surface area contributed by atoms with Crippen molar-refractivity contribution in [3.63, 3.8) is 0 Å². The van der Waals surface area contributed by atoms with Crippen LogP contribution in [0.2, 0.25) is 0 Å². The smallest absolute Gasteiger partial charge is 0.232 e. The second-order valence-electron chi connectivity index (χ2n) is 3.79. The molecule has 1 atom stereocenters. The highest BCUT2D eigenvalue weighted by molar-refractivity contribution is 7.92. The van der Waals surface area contributed by atoms with Crippen molar-refractivity contribution < 1.29 is 8.42 Å². The lowest BCUT2D eigenvalue weighted by Gasteiger charge is -2.32. The van der Waals surface area contributed by atoms with Gasteiger partial charge in [0.05, 0.1) is 11.9 Å². The summed E-state index contributed by atoms with van der Waals surface area (Å²) in [6.07, 6.45) is 1.89. The van der Waals surface area contributed by atoms with Crippen molar-refractivity contribution in [2.45, 2.75) is 12.5 Å². The number of nitrogens with zero attached hydrogens (tertiary/aromatic N) is 1. The molecule has 0 fully saturated rings. The molecular weight excluding hydrogens is 248 g/mol. The molecule has 2 N–H and O–H groups in total. The van der Waals surface area contributed by atoms with Gasteiger partial charge in [0.15, 0.2) is 0 Å². The number of anilines is 1. The number of hydrogen-bond acceptors (Lipinski definition) is 3. The van der Waals surface area contributed by atoms with Crippen molar-refractivity contribution in [3.8, 4) is 0 Å². The Morgan fingerprint density at radius 3 is 2.62 bits per heavy atom. The third-order valence-corrected chi connectivity index (χ3v) is 3.83. The van der Waals surface area contributed by atoms with Crippen LogP contribution >= 0.6 is 12.4 Å². The maximum Gasteiger partial charge on any atom is 0.232 e. The predicted molar refractivity (Wildman–Crippen MR) is 67.4 cm³/mol. The fourth-order valence-electron chi connectivity index (χ4n) is 1.90. The number of para-hydroxylation sites is 1. The topological polar surface area (TPSA) is 63.4 Å². The summed E-state index contributed by atoms with van der Waals surface area (Å²) in [4.78, 5) is 0. The minimum atomic E-state index is -3.18. The maximum absolute atomic E-state index is 11.5. The van der Waals surface area contributed by atoms with Crippen LogP contribution in [0, 0.1) is 0 Å². The van der Waals surface area contributed by atoms with E-state index >= 15 is 0 Å². The Kier molecular flexibility index (Phi) is 3.83. The molecule has 6 heteroatoms. The number of sulfonamides is 1. The summed E-state index contributed by atoms with van der Waals surface area (Å²) in [5.41, 5.74) is 7.56. The lowest BCUT2D eigenvalue weighted by molar-refractivity contribution is 0.579. The number of rotatable bonds is 1. The van der Waals surface area contributed by atoms with Crippen LogP contribution in [0.25, 0.3) is 0 Å². The molecule has 0 saturated carbocycles. The van der Waals surface area contributed by atoms with E-state index in [2.05, 4.69) is 0 Å². The Morgan fingerprint density at radius 2 is 2.00 bits per heavy atom. The predicted octanol–water partition coefficient (Wildman–Crippen LogP) is 1.28. The van der Waals surface area contributed by atoms with E-state index in [-0.39, 0.29) is 18.4 Å². The van der Waals surface area contributed by atoms with Gasteiger partial charge in [0.1, 0.15) is 0 Å². The zero-order chi connectivity index (χ0) is 11.1. The summed E-state index contributed by atoms with van der Waals surface area (Å²) >= 11 is 0. The highest BCUT2D eigenvalue weighted by Crippen LogP contribution is 2.33. The monoisotopic (exact) mass is 262 g/mol. The highest BCUT2D eigenvalue weighted by atomic mass is 35.5. The average molecular weight is 263 g/mol. The molecule has 0 saturated heterocycles. The van der Waals surface area contributed by atoms with Crippen LogP contribution in [-0.4, -0.2) is 21.2 Å². The van der Waals surface area contributed by atoms with Gasteiger partial charge in [0.25, 0.3) is 0 Å². The van der Waals surface area contributed by atoms with Crippen molar-refractivity contribution >= 4 is 28.1 Å². The standard InChI is InChI=1S/C10H14N2O2S.ClH/c1-15(13,14)12-7-6-9(11)8-4-2-3-5-10(8)12;/h2-5,9H,6-7,11H2,1H3;1H. The molecule has 0 bridgehead atoms. The Labute approximate surface area is 102 Å². The molecule has 2 rings (SSSR count). The molecule has 0 aliphatic carbocycles. The minimum Gasteiger partial charge on any atom is -0.324 e. The number of hydrogen-bond donors (Lipinski definition) is 1. The Balaban J connectivity index is 0.00000128. The van der Waals surface area contributed by atoms with Gasteiger partial charge < -0.3 is 5.73 Å². The van der Waals surface area contributed by atoms with E-state index < -0.39 is 10.0 Å². The number of nitrogens with two attached hydrogens (primary N) is 1. The van der Waals surface area contributed by atoms with Crippen LogP contribution in [0.3, 0.4) is 0 Å². The van der Waals surface area contributed by atoms with Gasteiger partial charge in [0, 0.05) is 12.6 Å². The first-order valence-electron chi connectivity index (χ1n) is 4.82. The number of fused-ring (bicyclic) bond motifs is 1. The van der Waals surface area contributed by atoms with Gasteiger partial charge in [-0.3, -0.25) is 4.31 Å². The first-order chi connectivity index (χ1) is 7.00. The molecule has 90 valence electrons. The fourth-order valence-corrected chi connectivity index (χ4v) is 2.87. The fraction of sp³-hybridized carbons (Fsp3) is 0.400. The lowest BCUT2D eigenvalue weighted by atomic mass is 9.99. The Bertz CT molecular complexity index is 475. The van der Waals surface area contributed by atoms with E-state index in [0.29, 0.717) is 13.0 Å². The average Bonchev–Trinajstić information content (AvgIpc) is 2.17. The Hall–Kier alpha value is -0.780. The molecule has 0 amide bonds. The van der Waals surface area contributed by atoms with Crippen LogP contribution in [-0.2, 0) is 10.0 Å². The first-order valence-corrected chi connectivity index (χ1v) is 6.67. The molecule has 1 aromatic rings. The molecule has 16 heavy (non-hydrogen) atoms. The maximum atomic E-state index is 11.5. The second kappa shape index (κ2) is 4.61. The number of halogens is 1. The SMILES string of the molecule is CS(=O)(=O)N1CCC(N)c2ccccc21.Cl. The molecular formula is C10H15ClN2O2S. The summed E-state index contributed by atoms with van der Waals surface area (Å²) in [5.74, 6) is 0. The second-order valence-corrected chi connectivity index (χ2v) is 5.70. The van der Waals surface area contributed by atoms with E-state index in [4.69, 9.17) is 5.73 Å². The third kappa shape index (κ3) is 2.31. The molecule has 1 heterocycles. The zero-order valence-corrected chi connectivity index (χ0v) is 10.6. The van der Waals surface area contributed by atoms with Crippen molar-refractivity contribution in [2.24, 2.45) is 5.73 Å². The third-order valence-electron chi connectivity index (χ3n) is 2.65. The van der Waals surface area contributed by atoms with Gasteiger partial charge in [-0.05, 0) is 18.1 Å². The summed E-state index contributed by atoms with van der Waals surface area (Å²) < 4.78 is 24.5. The van der Waals surface area contributed by atoms with E-state index in [1.807, 2.05) is 18.2 Å². The first kappa shape index (κ1) is 13.3. The molecule has 1 unspecified atom stereocenters. The van der Waals surface area contributed by atoms with Gasteiger partial charge >= 0.3 is 0 Å².